The van der Waals surface area contributed by atoms with Crippen LogP contribution in [-0.2, 0) is 11.2 Å². The van der Waals surface area contributed by atoms with Crippen LogP contribution in [0.1, 0.15) is 67.6 Å². The Bertz CT molecular complexity index is 941. The maximum atomic E-state index is 12.5. The second-order valence-electron chi connectivity index (χ2n) is 7.79. The Hall–Kier alpha value is -2.91. The lowest BCUT2D eigenvalue weighted by Crippen LogP contribution is -2.09. The Balaban J connectivity index is 1.59. The molecule has 0 fully saturated rings. The van der Waals surface area contributed by atoms with Crippen LogP contribution in [0.25, 0.3) is 11.1 Å². The highest BCUT2D eigenvalue weighted by Gasteiger charge is 2.11. The van der Waals surface area contributed by atoms with Crippen LogP contribution >= 0.6 is 0 Å². The summed E-state index contributed by atoms with van der Waals surface area (Å²) < 4.78 is 11.1. The third-order valence-electron chi connectivity index (χ3n) is 5.45. The molecule has 0 N–H and O–H groups in total. The number of unbranched alkanes of at least 4 members (excludes halogenated alkanes) is 2. The lowest BCUT2D eigenvalue weighted by molar-refractivity contribution is 0.0729. The number of benzene rings is 3. The van der Waals surface area contributed by atoms with Gasteiger partial charge < -0.3 is 9.47 Å². The molecule has 0 heterocycles. The molecule has 0 saturated heterocycles. The van der Waals surface area contributed by atoms with Crippen LogP contribution < -0.4 is 4.74 Å². The van der Waals surface area contributed by atoms with E-state index in [4.69, 9.17) is 9.47 Å². The molecule has 0 aliphatic rings. The van der Waals surface area contributed by atoms with Crippen molar-refractivity contribution in [3.8, 4) is 16.9 Å². The van der Waals surface area contributed by atoms with Gasteiger partial charge >= 0.3 is 5.97 Å². The first kappa shape index (κ1) is 22.8. The molecule has 0 bridgehead atoms. The molecule has 0 aliphatic carbocycles. The Morgan fingerprint density at radius 1 is 0.806 bits per heavy atom. The molecule has 3 nitrogen and oxygen atoms in total. The van der Waals surface area contributed by atoms with Crippen molar-refractivity contribution in [1.82, 2.24) is 0 Å². The standard InChI is InChI=1S/C28H32O3/c1-4-6-7-8-22-9-11-24(12-10-22)25-17-19-27(20-18-25)31-28(29)26-15-13-23(14-16-26)21(3)30-5-2/h9-21H,4-8H2,1-3H3. The van der Waals surface area contributed by atoms with Crippen molar-refractivity contribution in [1.29, 1.82) is 0 Å². The molecule has 0 saturated carbocycles. The van der Waals surface area contributed by atoms with E-state index in [0.29, 0.717) is 17.9 Å². The fourth-order valence-electron chi connectivity index (χ4n) is 3.56. The van der Waals surface area contributed by atoms with Gasteiger partial charge in [-0.1, -0.05) is 68.3 Å². The third kappa shape index (κ3) is 6.53. The SMILES string of the molecule is CCCCCc1ccc(-c2ccc(OC(=O)c3ccc(C(C)OCC)cc3)cc2)cc1. The van der Waals surface area contributed by atoms with Crippen molar-refractivity contribution in [2.45, 2.75) is 52.6 Å². The van der Waals surface area contributed by atoms with Gasteiger partial charge in [0.15, 0.2) is 0 Å². The Morgan fingerprint density at radius 3 is 2.00 bits per heavy atom. The third-order valence-corrected chi connectivity index (χ3v) is 5.45. The molecule has 1 atom stereocenters. The van der Waals surface area contributed by atoms with Crippen LogP contribution in [0.4, 0.5) is 0 Å². The van der Waals surface area contributed by atoms with Gasteiger partial charge in [-0.05, 0) is 73.2 Å². The van der Waals surface area contributed by atoms with Crippen molar-refractivity contribution < 1.29 is 14.3 Å². The maximum Gasteiger partial charge on any atom is 0.343 e. The number of hydrogen-bond acceptors (Lipinski definition) is 3. The number of carbonyl (C=O) groups is 1. The molecule has 162 valence electrons. The summed E-state index contributed by atoms with van der Waals surface area (Å²) in [6, 6.07) is 23.8. The second kappa shape index (κ2) is 11.5. The number of carbonyl (C=O) groups excluding carboxylic acids is 1. The molecule has 0 spiro atoms. The van der Waals surface area contributed by atoms with E-state index in [2.05, 4.69) is 31.2 Å². The highest BCUT2D eigenvalue weighted by atomic mass is 16.5. The number of rotatable bonds is 10. The number of hydrogen-bond donors (Lipinski definition) is 0. The van der Waals surface area contributed by atoms with Gasteiger partial charge in [-0.2, -0.15) is 0 Å². The minimum absolute atomic E-state index is 0.00743. The summed E-state index contributed by atoms with van der Waals surface area (Å²) in [6.45, 7) is 6.85. The molecular weight excluding hydrogens is 384 g/mol. The zero-order valence-electron chi connectivity index (χ0n) is 18.8. The van der Waals surface area contributed by atoms with Crippen molar-refractivity contribution in [3.05, 3.63) is 89.5 Å². The smallest absolute Gasteiger partial charge is 0.343 e. The monoisotopic (exact) mass is 416 g/mol. The van der Waals surface area contributed by atoms with Crippen LogP contribution in [0.2, 0.25) is 0 Å². The lowest BCUT2D eigenvalue weighted by Gasteiger charge is -2.12. The molecule has 3 aromatic rings. The van der Waals surface area contributed by atoms with Crippen LogP contribution in [0.3, 0.4) is 0 Å². The molecule has 0 amide bonds. The summed E-state index contributed by atoms with van der Waals surface area (Å²) in [6.07, 6.45) is 4.90. The topological polar surface area (TPSA) is 35.5 Å². The largest absolute Gasteiger partial charge is 0.423 e. The quantitative estimate of drug-likeness (QED) is 0.196. The summed E-state index contributed by atoms with van der Waals surface area (Å²) in [5.74, 6) is 0.177. The maximum absolute atomic E-state index is 12.5. The van der Waals surface area contributed by atoms with Crippen molar-refractivity contribution in [3.63, 3.8) is 0 Å². The minimum atomic E-state index is -0.361. The van der Waals surface area contributed by atoms with Gasteiger partial charge in [0.05, 0.1) is 11.7 Å². The van der Waals surface area contributed by atoms with Crippen LogP contribution in [0.15, 0.2) is 72.8 Å². The van der Waals surface area contributed by atoms with Gasteiger partial charge in [0, 0.05) is 6.61 Å². The zero-order chi connectivity index (χ0) is 22.1. The van der Waals surface area contributed by atoms with E-state index < -0.39 is 0 Å². The molecule has 3 heteroatoms. The van der Waals surface area contributed by atoms with E-state index in [1.807, 2.05) is 50.2 Å². The van der Waals surface area contributed by atoms with E-state index in [-0.39, 0.29) is 12.1 Å². The molecule has 0 aliphatic heterocycles. The molecular formula is C28H32O3. The van der Waals surface area contributed by atoms with E-state index in [9.17, 15) is 4.79 Å². The van der Waals surface area contributed by atoms with Crippen LogP contribution in [0.5, 0.6) is 5.75 Å². The first-order valence-corrected chi connectivity index (χ1v) is 11.2. The molecule has 31 heavy (non-hydrogen) atoms. The molecule has 0 aromatic heterocycles. The molecule has 0 radical (unpaired) electrons. The van der Waals surface area contributed by atoms with Gasteiger partial charge in [-0.3, -0.25) is 0 Å². The van der Waals surface area contributed by atoms with Crippen molar-refractivity contribution >= 4 is 5.97 Å². The van der Waals surface area contributed by atoms with Gasteiger partial charge in [-0.15, -0.1) is 0 Å². The Kier molecular flexibility index (Phi) is 8.43. The minimum Gasteiger partial charge on any atom is -0.423 e. The lowest BCUT2D eigenvalue weighted by atomic mass is 10.0. The Labute approximate surface area is 186 Å². The number of ether oxygens (including phenoxy) is 2. The fourth-order valence-corrected chi connectivity index (χ4v) is 3.56. The first-order valence-electron chi connectivity index (χ1n) is 11.2. The van der Waals surface area contributed by atoms with E-state index in [1.165, 1.54) is 24.8 Å². The highest BCUT2D eigenvalue weighted by Crippen LogP contribution is 2.24. The van der Waals surface area contributed by atoms with E-state index >= 15 is 0 Å². The number of esters is 1. The molecule has 3 aromatic carbocycles. The predicted molar refractivity (Wildman–Crippen MR) is 127 cm³/mol. The summed E-state index contributed by atoms with van der Waals surface area (Å²) in [5, 5.41) is 0. The van der Waals surface area contributed by atoms with Gasteiger partial charge in [0.1, 0.15) is 5.75 Å². The van der Waals surface area contributed by atoms with Crippen molar-refractivity contribution in [2.24, 2.45) is 0 Å². The van der Waals surface area contributed by atoms with E-state index in [0.717, 1.165) is 23.1 Å². The van der Waals surface area contributed by atoms with Crippen molar-refractivity contribution in [2.75, 3.05) is 6.61 Å². The Morgan fingerprint density at radius 2 is 1.42 bits per heavy atom. The number of aryl methyl sites for hydroxylation is 1. The average molecular weight is 417 g/mol. The fraction of sp³-hybridized carbons (Fsp3) is 0.321. The predicted octanol–water partition coefficient (Wildman–Crippen LogP) is 7.40. The van der Waals surface area contributed by atoms with Crippen LogP contribution in [-0.4, -0.2) is 12.6 Å². The van der Waals surface area contributed by atoms with Gasteiger partial charge in [-0.25, -0.2) is 4.79 Å². The summed E-state index contributed by atoms with van der Waals surface area (Å²) in [4.78, 5) is 12.5. The zero-order valence-corrected chi connectivity index (χ0v) is 18.8. The summed E-state index contributed by atoms with van der Waals surface area (Å²) >= 11 is 0. The average Bonchev–Trinajstić information content (AvgIpc) is 2.80. The molecule has 3 rings (SSSR count). The van der Waals surface area contributed by atoms with Crippen LogP contribution in [0, 0.1) is 0 Å². The van der Waals surface area contributed by atoms with Gasteiger partial charge in [0.2, 0.25) is 0 Å². The van der Waals surface area contributed by atoms with E-state index in [1.54, 1.807) is 12.1 Å². The summed E-state index contributed by atoms with van der Waals surface area (Å²) in [7, 11) is 0. The molecule has 1 unspecified atom stereocenters. The van der Waals surface area contributed by atoms with Gasteiger partial charge in [0.25, 0.3) is 0 Å². The highest BCUT2D eigenvalue weighted by molar-refractivity contribution is 5.91. The second-order valence-corrected chi connectivity index (χ2v) is 7.79. The first-order chi connectivity index (χ1) is 15.1. The normalized spacial score (nSPS) is 11.8. The summed E-state index contributed by atoms with van der Waals surface area (Å²) in [5.41, 5.74) is 5.21.